The van der Waals surface area contributed by atoms with Gasteiger partial charge in [0.25, 0.3) is 0 Å². The van der Waals surface area contributed by atoms with E-state index in [0.717, 1.165) is 22.2 Å². The highest BCUT2D eigenvalue weighted by Gasteiger charge is 2.28. The number of rotatable bonds is 3. The molecule has 2 amide bonds. The van der Waals surface area contributed by atoms with E-state index in [-0.39, 0.29) is 17.9 Å². The van der Waals surface area contributed by atoms with E-state index in [0.29, 0.717) is 32.5 Å². The number of pyridine rings is 1. The molecular weight excluding hydrogens is 318 g/mol. The Morgan fingerprint density at radius 3 is 2.76 bits per heavy atom. The first-order valence-electron chi connectivity index (χ1n) is 8.67. The SMILES string of the molecule is CCOC(=O)N1CCC(C(=O)Nc2ccc(C)c3ncccc23)CC1. The van der Waals surface area contributed by atoms with Gasteiger partial charge < -0.3 is 15.0 Å². The third-order valence-electron chi connectivity index (χ3n) is 4.62. The highest BCUT2D eigenvalue weighted by atomic mass is 16.6. The lowest BCUT2D eigenvalue weighted by atomic mass is 9.96. The van der Waals surface area contributed by atoms with E-state index in [2.05, 4.69) is 10.3 Å². The van der Waals surface area contributed by atoms with Gasteiger partial charge in [0, 0.05) is 30.6 Å². The fourth-order valence-electron chi connectivity index (χ4n) is 3.20. The van der Waals surface area contributed by atoms with Crippen molar-refractivity contribution >= 4 is 28.6 Å². The number of piperidine rings is 1. The molecule has 1 aliphatic heterocycles. The number of hydrogen-bond donors (Lipinski definition) is 1. The van der Waals surface area contributed by atoms with E-state index in [4.69, 9.17) is 4.74 Å². The summed E-state index contributed by atoms with van der Waals surface area (Å²) < 4.78 is 5.01. The van der Waals surface area contributed by atoms with Gasteiger partial charge in [-0.15, -0.1) is 0 Å². The molecule has 0 unspecified atom stereocenters. The molecular formula is C19H23N3O3. The van der Waals surface area contributed by atoms with E-state index in [9.17, 15) is 9.59 Å². The predicted molar refractivity (Wildman–Crippen MR) is 96.4 cm³/mol. The maximum absolute atomic E-state index is 12.6. The molecule has 0 aliphatic carbocycles. The third kappa shape index (κ3) is 3.73. The Balaban J connectivity index is 1.66. The lowest BCUT2D eigenvalue weighted by molar-refractivity contribution is -0.121. The monoisotopic (exact) mass is 341 g/mol. The number of nitrogens with one attached hydrogen (secondary N) is 1. The number of carbonyl (C=O) groups is 2. The average Bonchev–Trinajstić information content (AvgIpc) is 2.64. The van der Waals surface area contributed by atoms with Gasteiger partial charge in [0.2, 0.25) is 5.91 Å². The molecule has 1 aromatic heterocycles. The second-order valence-electron chi connectivity index (χ2n) is 6.28. The first-order valence-corrected chi connectivity index (χ1v) is 8.67. The van der Waals surface area contributed by atoms with Gasteiger partial charge in [-0.1, -0.05) is 6.07 Å². The number of nitrogens with zero attached hydrogens (tertiary/aromatic N) is 2. The van der Waals surface area contributed by atoms with Crippen molar-refractivity contribution in [1.82, 2.24) is 9.88 Å². The molecule has 0 saturated carbocycles. The summed E-state index contributed by atoms with van der Waals surface area (Å²) in [5.41, 5.74) is 2.76. The van der Waals surface area contributed by atoms with Crippen molar-refractivity contribution in [2.24, 2.45) is 5.92 Å². The lowest BCUT2D eigenvalue weighted by Crippen LogP contribution is -2.41. The largest absolute Gasteiger partial charge is 0.450 e. The maximum Gasteiger partial charge on any atom is 0.409 e. The standard InChI is InChI=1S/C19H23N3O3/c1-3-25-19(24)22-11-8-14(9-12-22)18(23)21-16-7-6-13(2)17-15(16)5-4-10-20-17/h4-7,10,14H,3,8-9,11-12H2,1-2H3,(H,21,23). The normalized spacial score (nSPS) is 15.2. The highest BCUT2D eigenvalue weighted by molar-refractivity contribution is 6.02. The number of fused-ring (bicyclic) bond motifs is 1. The average molecular weight is 341 g/mol. The summed E-state index contributed by atoms with van der Waals surface area (Å²) in [5.74, 6) is -0.101. The molecule has 1 N–H and O–H groups in total. The van der Waals surface area contributed by atoms with Crippen molar-refractivity contribution in [2.45, 2.75) is 26.7 Å². The van der Waals surface area contributed by atoms with Crippen molar-refractivity contribution in [2.75, 3.05) is 25.0 Å². The van der Waals surface area contributed by atoms with Crippen molar-refractivity contribution in [3.05, 3.63) is 36.0 Å². The maximum atomic E-state index is 12.6. The molecule has 0 bridgehead atoms. The minimum atomic E-state index is -0.294. The fourth-order valence-corrected chi connectivity index (χ4v) is 3.20. The van der Waals surface area contributed by atoms with Crippen LogP contribution in [0.1, 0.15) is 25.3 Å². The number of ether oxygens (including phenoxy) is 1. The van der Waals surface area contributed by atoms with E-state index >= 15 is 0 Å². The van der Waals surface area contributed by atoms with Gasteiger partial charge in [-0.05, 0) is 50.5 Å². The van der Waals surface area contributed by atoms with Crippen LogP contribution in [0.2, 0.25) is 0 Å². The van der Waals surface area contributed by atoms with Crippen LogP contribution in [-0.4, -0.2) is 41.6 Å². The second-order valence-corrected chi connectivity index (χ2v) is 6.28. The Morgan fingerprint density at radius 1 is 1.28 bits per heavy atom. The van der Waals surface area contributed by atoms with E-state index < -0.39 is 0 Å². The Bertz CT molecular complexity index is 783. The number of benzene rings is 1. The van der Waals surface area contributed by atoms with Gasteiger partial charge in [-0.25, -0.2) is 4.79 Å². The smallest absolute Gasteiger partial charge is 0.409 e. The molecule has 132 valence electrons. The van der Waals surface area contributed by atoms with Crippen LogP contribution in [0.3, 0.4) is 0 Å². The summed E-state index contributed by atoms with van der Waals surface area (Å²) in [6.45, 7) is 5.26. The molecule has 2 aromatic rings. The van der Waals surface area contributed by atoms with Gasteiger partial charge in [-0.3, -0.25) is 9.78 Å². The molecule has 0 spiro atoms. The Hall–Kier alpha value is -2.63. The quantitative estimate of drug-likeness (QED) is 0.929. The van der Waals surface area contributed by atoms with Crippen LogP contribution in [-0.2, 0) is 9.53 Å². The van der Waals surface area contributed by atoms with Crippen LogP contribution >= 0.6 is 0 Å². The Kier molecular flexibility index (Phi) is 5.16. The number of amides is 2. The summed E-state index contributed by atoms with van der Waals surface area (Å²) in [6, 6.07) is 7.73. The van der Waals surface area contributed by atoms with E-state index in [1.54, 1.807) is 18.0 Å². The van der Waals surface area contributed by atoms with Crippen molar-refractivity contribution in [1.29, 1.82) is 0 Å². The summed E-state index contributed by atoms with van der Waals surface area (Å²) in [5, 5.41) is 3.98. The van der Waals surface area contributed by atoms with Crippen LogP contribution in [0.5, 0.6) is 0 Å². The first kappa shape index (κ1) is 17.2. The molecule has 1 aliphatic rings. The van der Waals surface area contributed by atoms with Gasteiger partial charge in [0.15, 0.2) is 0 Å². The number of carbonyl (C=O) groups excluding carboxylic acids is 2. The van der Waals surface area contributed by atoms with Crippen LogP contribution in [0, 0.1) is 12.8 Å². The number of hydrogen-bond acceptors (Lipinski definition) is 4. The Morgan fingerprint density at radius 2 is 2.04 bits per heavy atom. The molecule has 1 saturated heterocycles. The molecule has 0 atom stereocenters. The first-order chi connectivity index (χ1) is 12.1. The van der Waals surface area contributed by atoms with Gasteiger partial charge >= 0.3 is 6.09 Å². The number of likely N-dealkylation sites (tertiary alicyclic amines) is 1. The lowest BCUT2D eigenvalue weighted by Gasteiger charge is -2.30. The minimum absolute atomic E-state index is 0.00230. The fraction of sp³-hybridized carbons (Fsp3) is 0.421. The molecule has 3 rings (SSSR count). The van der Waals surface area contributed by atoms with E-state index in [1.165, 1.54) is 0 Å². The van der Waals surface area contributed by atoms with Gasteiger partial charge in [0.05, 0.1) is 17.8 Å². The number of aromatic nitrogens is 1. The molecule has 6 nitrogen and oxygen atoms in total. The van der Waals surface area contributed by atoms with Crippen molar-refractivity contribution in [3.63, 3.8) is 0 Å². The third-order valence-corrected chi connectivity index (χ3v) is 4.62. The molecule has 1 aromatic carbocycles. The molecule has 1 fully saturated rings. The van der Waals surface area contributed by atoms with E-state index in [1.807, 2.05) is 31.2 Å². The second kappa shape index (κ2) is 7.51. The predicted octanol–water partition coefficient (Wildman–Crippen LogP) is 3.35. The summed E-state index contributed by atoms with van der Waals surface area (Å²) in [6.07, 6.45) is 2.75. The van der Waals surface area contributed by atoms with Crippen molar-refractivity contribution < 1.29 is 14.3 Å². The summed E-state index contributed by atoms with van der Waals surface area (Å²) >= 11 is 0. The molecule has 6 heteroatoms. The zero-order chi connectivity index (χ0) is 17.8. The van der Waals surface area contributed by atoms with Gasteiger partial charge in [0.1, 0.15) is 0 Å². The molecule has 25 heavy (non-hydrogen) atoms. The van der Waals surface area contributed by atoms with Crippen LogP contribution in [0.4, 0.5) is 10.5 Å². The highest BCUT2D eigenvalue weighted by Crippen LogP contribution is 2.26. The number of anilines is 1. The zero-order valence-electron chi connectivity index (χ0n) is 14.6. The van der Waals surface area contributed by atoms with Gasteiger partial charge in [-0.2, -0.15) is 0 Å². The van der Waals surface area contributed by atoms with Crippen LogP contribution in [0.25, 0.3) is 10.9 Å². The minimum Gasteiger partial charge on any atom is -0.450 e. The van der Waals surface area contributed by atoms with Crippen LogP contribution in [0.15, 0.2) is 30.5 Å². The summed E-state index contributed by atoms with van der Waals surface area (Å²) in [7, 11) is 0. The summed E-state index contributed by atoms with van der Waals surface area (Å²) in [4.78, 5) is 30.4. The Labute approximate surface area is 147 Å². The zero-order valence-corrected chi connectivity index (χ0v) is 14.6. The molecule has 2 heterocycles. The number of aryl methyl sites for hydroxylation is 1. The van der Waals surface area contributed by atoms with Crippen molar-refractivity contribution in [3.8, 4) is 0 Å². The topological polar surface area (TPSA) is 71.5 Å². The van der Waals surface area contributed by atoms with Crippen LogP contribution < -0.4 is 5.32 Å². The molecule has 0 radical (unpaired) electrons.